The van der Waals surface area contributed by atoms with Crippen molar-refractivity contribution in [3.05, 3.63) is 23.5 Å². The number of esters is 2. The maximum absolute atomic E-state index is 14.2. The van der Waals surface area contributed by atoms with Crippen LogP contribution in [0.2, 0.25) is 0 Å². The first kappa shape index (κ1) is 21.9. The lowest BCUT2D eigenvalue weighted by Gasteiger charge is -2.19. The number of Topliss-reactive ketones (excluding diaryl/α,β-unsaturated/α-hetero) is 1. The van der Waals surface area contributed by atoms with E-state index in [-0.39, 0.29) is 30.2 Å². The van der Waals surface area contributed by atoms with Gasteiger partial charge in [0.2, 0.25) is 0 Å². The van der Waals surface area contributed by atoms with Gasteiger partial charge in [0.1, 0.15) is 17.9 Å². The summed E-state index contributed by atoms with van der Waals surface area (Å²) in [5.74, 6) is -3.46. The minimum atomic E-state index is -1.59. The first-order valence-corrected chi connectivity index (χ1v) is 8.01. The lowest BCUT2D eigenvalue weighted by molar-refractivity contribution is -0.150. The normalized spacial score (nSPS) is 11.1. The van der Waals surface area contributed by atoms with Gasteiger partial charge in [0.05, 0.1) is 32.0 Å². The van der Waals surface area contributed by atoms with Crippen molar-refractivity contribution in [2.75, 3.05) is 25.7 Å². The van der Waals surface area contributed by atoms with Crippen molar-refractivity contribution in [2.45, 2.75) is 26.3 Å². The monoisotopic (exact) mass is 381 g/mol. The van der Waals surface area contributed by atoms with E-state index in [1.165, 1.54) is 13.2 Å². The van der Waals surface area contributed by atoms with E-state index in [0.717, 1.165) is 6.07 Å². The second kappa shape index (κ2) is 10.7. The minimum Gasteiger partial charge on any atom is -0.494 e. The lowest BCUT2D eigenvalue weighted by Crippen LogP contribution is -2.48. The van der Waals surface area contributed by atoms with Crippen LogP contribution in [0.15, 0.2) is 12.1 Å². The van der Waals surface area contributed by atoms with Gasteiger partial charge in [-0.25, -0.2) is 14.6 Å². The smallest absolute Gasteiger partial charge is 0.332 e. The molecule has 146 valence electrons. The minimum absolute atomic E-state index is 0.00174. The second-order valence-corrected chi connectivity index (χ2v) is 5.05. The molecule has 0 aromatic heterocycles. The van der Waals surface area contributed by atoms with Gasteiger partial charge in [-0.2, -0.15) is 5.26 Å². The number of benzene rings is 1. The van der Waals surface area contributed by atoms with Gasteiger partial charge >= 0.3 is 11.9 Å². The van der Waals surface area contributed by atoms with Crippen LogP contribution in [-0.4, -0.2) is 44.1 Å². The number of halogens is 1. The molecule has 0 saturated heterocycles. The van der Waals surface area contributed by atoms with Crippen LogP contribution in [0.5, 0.6) is 5.75 Å². The summed E-state index contributed by atoms with van der Waals surface area (Å²) in [6, 6.07) is 2.41. The highest BCUT2D eigenvalue weighted by Crippen LogP contribution is 2.28. The van der Waals surface area contributed by atoms with E-state index in [4.69, 9.17) is 14.7 Å². The predicted octanol–water partition coefficient (Wildman–Crippen LogP) is 1.08. The van der Waals surface area contributed by atoms with Crippen LogP contribution < -0.4 is 15.6 Å². The van der Waals surface area contributed by atoms with Crippen LogP contribution >= 0.6 is 0 Å². The largest absolute Gasteiger partial charge is 0.494 e. The number of nitriles is 1. The molecule has 1 aromatic carbocycles. The number of nitrogens with one attached hydrogen (secondary N) is 2. The fraction of sp³-hybridized carbons (Fsp3) is 0.412. The van der Waals surface area contributed by atoms with Crippen molar-refractivity contribution in [1.29, 1.82) is 5.26 Å². The molecule has 0 spiro atoms. The number of anilines is 1. The Kier molecular flexibility index (Phi) is 8.68. The van der Waals surface area contributed by atoms with E-state index in [1.54, 1.807) is 19.9 Å². The van der Waals surface area contributed by atoms with E-state index in [0.29, 0.717) is 0 Å². The molecule has 27 heavy (non-hydrogen) atoms. The first-order chi connectivity index (χ1) is 12.9. The number of rotatable bonds is 10. The molecule has 1 aromatic rings. The maximum atomic E-state index is 14.2. The Morgan fingerprint density at radius 2 is 1.89 bits per heavy atom. The highest BCUT2D eigenvalue weighted by molar-refractivity contribution is 6.09. The molecule has 0 heterocycles. The molecule has 0 radical (unpaired) electrons. The summed E-state index contributed by atoms with van der Waals surface area (Å²) in [7, 11) is 1.26. The number of ether oxygens (including phenoxy) is 3. The number of nitrogens with zero attached hydrogens (tertiary/aromatic N) is 1. The zero-order valence-corrected chi connectivity index (χ0v) is 15.1. The third kappa shape index (κ3) is 6.23. The Morgan fingerprint density at radius 1 is 1.22 bits per heavy atom. The fourth-order valence-corrected chi connectivity index (χ4v) is 2.03. The SMILES string of the molecule is CCOC(=O)CC(=O)C(NNc1c(F)cc(C#N)cc1OC)C(=O)OCC. The van der Waals surface area contributed by atoms with E-state index in [2.05, 4.69) is 15.6 Å². The van der Waals surface area contributed by atoms with E-state index in [9.17, 15) is 18.8 Å². The van der Waals surface area contributed by atoms with Gasteiger partial charge in [0, 0.05) is 6.07 Å². The van der Waals surface area contributed by atoms with Crippen molar-refractivity contribution in [3.63, 3.8) is 0 Å². The van der Waals surface area contributed by atoms with E-state index < -0.39 is 36.0 Å². The van der Waals surface area contributed by atoms with E-state index >= 15 is 0 Å². The summed E-state index contributed by atoms with van der Waals surface area (Å²) in [5, 5.41) is 8.87. The van der Waals surface area contributed by atoms with Crippen LogP contribution in [0.4, 0.5) is 10.1 Å². The summed E-state index contributed by atoms with van der Waals surface area (Å²) < 4.78 is 28.7. The number of hydrazine groups is 1. The molecule has 1 atom stereocenters. The van der Waals surface area contributed by atoms with Gasteiger partial charge in [0.25, 0.3) is 0 Å². The number of carbonyl (C=O) groups excluding carboxylic acids is 3. The average Bonchev–Trinajstić information content (AvgIpc) is 2.62. The molecular formula is C17H20FN3O6. The number of hydrogen-bond acceptors (Lipinski definition) is 9. The molecule has 0 fully saturated rings. The van der Waals surface area contributed by atoms with Gasteiger partial charge in [-0.3, -0.25) is 9.59 Å². The average molecular weight is 381 g/mol. The summed E-state index contributed by atoms with van der Waals surface area (Å²) >= 11 is 0. The zero-order valence-electron chi connectivity index (χ0n) is 15.1. The maximum Gasteiger partial charge on any atom is 0.332 e. The zero-order chi connectivity index (χ0) is 20.4. The quantitative estimate of drug-likeness (QED) is 0.348. The molecule has 0 saturated carbocycles. The molecule has 0 aliphatic rings. The Morgan fingerprint density at radius 3 is 2.44 bits per heavy atom. The second-order valence-electron chi connectivity index (χ2n) is 5.05. The summed E-state index contributed by atoms with van der Waals surface area (Å²) in [4.78, 5) is 35.7. The molecule has 1 rings (SSSR count). The predicted molar refractivity (Wildman–Crippen MR) is 91.1 cm³/mol. The topological polar surface area (TPSA) is 127 Å². The van der Waals surface area contributed by atoms with Crippen LogP contribution in [0.1, 0.15) is 25.8 Å². The molecule has 10 heteroatoms. The van der Waals surface area contributed by atoms with Gasteiger partial charge in [-0.1, -0.05) is 0 Å². The molecule has 0 amide bonds. The van der Waals surface area contributed by atoms with Crippen molar-refractivity contribution in [2.24, 2.45) is 0 Å². The highest BCUT2D eigenvalue weighted by atomic mass is 19.1. The van der Waals surface area contributed by atoms with Crippen molar-refractivity contribution < 1.29 is 33.0 Å². The Balaban J connectivity index is 3.00. The van der Waals surface area contributed by atoms with Crippen molar-refractivity contribution in [1.82, 2.24) is 5.43 Å². The highest BCUT2D eigenvalue weighted by Gasteiger charge is 2.30. The number of carbonyl (C=O) groups is 3. The molecule has 0 bridgehead atoms. The van der Waals surface area contributed by atoms with E-state index in [1.807, 2.05) is 0 Å². The Labute approximate surface area is 155 Å². The molecule has 9 nitrogen and oxygen atoms in total. The number of methoxy groups -OCH3 is 1. The lowest BCUT2D eigenvalue weighted by atomic mass is 10.1. The third-order valence-corrected chi connectivity index (χ3v) is 3.21. The van der Waals surface area contributed by atoms with Gasteiger partial charge in [-0.15, -0.1) is 0 Å². The van der Waals surface area contributed by atoms with Crippen molar-refractivity contribution >= 4 is 23.4 Å². The van der Waals surface area contributed by atoms with Gasteiger partial charge < -0.3 is 19.6 Å². The number of hydrogen-bond donors (Lipinski definition) is 2. The summed E-state index contributed by atoms with van der Waals surface area (Å²) in [5.41, 5.74) is 4.51. The number of ketones is 1. The van der Waals surface area contributed by atoms with Crippen LogP contribution in [0, 0.1) is 17.1 Å². The molecule has 2 N–H and O–H groups in total. The Hall–Kier alpha value is -3.19. The molecular weight excluding hydrogens is 361 g/mol. The van der Waals surface area contributed by atoms with Crippen molar-refractivity contribution in [3.8, 4) is 11.8 Å². The standard InChI is InChI=1S/C17H20FN3O6/c1-4-26-14(23)8-12(22)16(17(24)27-5-2)21-20-15-11(18)6-10(9-19)7-13(15)25-3/h6-7,16,20-21H,4-5,8H2,1-3H3. The molecule has 0 aliphatic heterocycles. The van der Waals surface area contributed by atoms with Crippen LogP contribution in [0.25, 0.3) is 0 Å². The Bertz CT molecular complexity index is 747. The van der Waals surface area contributed by atoms with Crippen LogP contribution in [-0.2, 0) is 23.9 Å². The van der Waals surface area contributed by atoms with Crippen LogP contribution in [0.3, 0.4) is 0 Å². The molecule has 1 unspecified atom stereocenters. The first-order valence-electron chi connectivity index (χ1n) is 8.01. The summed E-state index contributed by atoms with van der Waals surface area (Å²) in [6.07, 6.45) is -0.668. The van der Waals surface area contributed by atoms with Gasteiger partial charge in [-0.05, 0) is 19.9 Å². The fourth-order valence-electron chi connectivity index (χ4n) is 2.03. The summed E-state index contributed by atoms with van der Waals surface area (Å²) in [6.45, 7) is 3.19. The van der Waals surface area contributed by atoms with Gasteiger partial charge in [0.15, 0.2) is 17.6 Å². The third-order valence-electron chi connectivity index (χ3n) is 3.21. The molecule has 0 aliphatic carbocycles.